The van der Waals surface area contributed by atoms with Crippen LogP contribution in [0.25, 0.3) is 0 Å². The second-order valence-electron chi connectivity index (χ2n) is 10.2. The molecule has 3 fully saturated rings. The van der Waals surface area contributed by atoms with Gasteiger partial charge in [-0.1, -0.05) is 11.6 Å². The molecule has 0 radical (unpaired) electrons. The number of hydrogen-bond acceptors (Lipinski definition) is 6. The highest BCUT2D eigenvalue weighted by molar-refractivity contribution is 6.31. The zero-order valence-corrected chi connectivity index (χ0v) is 21.9. The number of likely N-dealkylation sites (tertiary alicyclic amines) is 1. The van der Waals surface area contributed by atoms with E-state index < -0.39 is 5.60 Å². The second kappa shape index (κ2) is 11.9. The van der Waals surface area contributed by atoms with Gasteiger partial charge < -0.3 is 24.2 Å². The molecule has 0 spiro atoms. The molecule has 3 saturated heterocycles. The van der Waals surface area contributed by atoms with Gasteiger partial charge >= 0.3 is 0 Å². The third-order valence-electron chi connectivity index (χ3n) is 7.37. The number of piperidine rings is 1. The van der Waals surface area contributed by atoms with Gasteiger partial charge in [0.15, 0.2) is 0 Å². The third-order valence-corrected chi connectivity index (χ3v) is 7.79. The van der Waals surface area contributed by atoms with Gasteiger partial charge in [0.1, 0.15) is 18.0 Å². The van der Waals surface area contributed by atoms with E-state index in [1.54, 1.807) is 0 Å². The number of rotatable bonds is 7. The molecule has 3 aliphatic rings. The SMILES string of the molecule is Cc1cc(OC[C@]2(CC(=O)N3CCCCC3)CN(C(=O)CN3CCN(C)CC3)CCO2)ccc1Cl. The Bertz CT molecular complexity index is 886. The summed E-state index contributed by atoms with van der Waals surface area (Å²) in [6.07, 6.45) is 3.45. The van der Waals surface area contributed by atoms with E-state index in [1.165, 1.54) is 6.42 Å². The van der Waals surface area contributed by atoms with Gasteiger partial charge in [0.2, 0.25) is 11.8 Å². The van der Waals surface area contributed by atoms with E-state index in [2.05, 4.69) is 16.8 Å². The lowest BCUT2D eigenvalue weighted by molar-refractivity contribution is -0.167. The molecule has 0 N–H and O–H groups in total. The van der Waals surface area contributed by atoms with Crippen LogP contribution in [0.2, 0.25) is 5.02 Å². The number of benzene rings is 1. The summed E-state index contributed by atoms with van der Waals surface area (Å²) >= 11 is 6.17. The number of likely N-dealkylation sites (N-methyl/N-ethyl adjacent to an activating group) is 1. The molecule has 0 aromatic heterocycles. The molecule has 0 unspecified atom stereocenters. The highest BCUT2D eigenvalue weighted by Crippen LogP contribution is 2.28. The Balaban J connectivity index is 1.45. The first-order valence-corrected chi connectivity index (χ1v) is 13.2. The minimum Gasteiger partial charge on any atom is -0.490 e. The molecule has 0 aliphatic carbocycles. The van der Waals surface area contributed by atoms with Crippen LogP contribution in [0.1, 0.15) is 31.2 Å². The van der Waals surface area contributed by atoms with Gasteiger partial charge in [-0.05, 0) is 57.0 Å². The maximum absolute atomic E-state index is 13.3. The first kappa shape index (κ1) is 26.2. The molecule has 0 bridgehead atoms. The molecular formula is C26H39ClN4O4. The van der Waals surface area contributed by atoms with Crippen LogP contribution in [0.15, 0.2) is 18.2 Å². The maximum atomic E-state index is 13.3. The molecular weight excluding hydrogens is 468 g/mol. The van der Waals surface area contributed by atoms with Crippen LogP contribution in [0.5, 0.6) is 5.75 Å². The Morgan fingerprint density at radius 1 is 1.00 bits per heavy atom. The lowest BCUT2D eigenvalue weighted by Gasteiger charge is -2.43. The molecule has 8 nitrogen and oxygen atoms in total. The van der Waals surface area contributed by atoms with Gasteiger partial charge in [-0.15, -0.1) is 0 Å². The molecule has 3 aliphatic heterocycles. The zero-order valence-electron chi connectivity index (χ0n) is 21.1. The van der Waals surface area contributed by atoms with Crippen molar-refractivity contribution in [1.82, 2.24) is 19.6 Å². The Morgan fingerprint density at radius 2 is 1.74 bits per heavy atom. The van der Waals surface area contributed by atoms with E-state index in [1.807, 2.05) is 34.9 Å². The fraction of sp³-hybridized carbons (Fsp3) is 0.692. The van der Waals surface area contributed by atoms with E-state index >= 15 is 0 Å². The standard InChI is InChI=1S/C26H39ClN4O4/c1-21-16-22(6-7-23(21)27)34-20-26(17-24(32)30-8-4-3-5-9-30)19-31(14-15-35-26)25(33)18-29-12-10-28(2)11-13-29/h6-7,16H,3-5,8-15,17-20H2,1-2H3/t26-/m0/s1. The maximum Gasteiger partial charge on any atom is 0.236 e. The van der Waals surface area contributed by atoms with Crippen LogP contribution in [0.4, 0.5) is 0 Å². The number of halogens is 1. The minimum absolute atomic E-state index is 0.0777. The Labute approximate surface area is 214 Å². The van der Waals surface area contributed by atoms with Gasteiger partial charge in [0.05, 0.1) is 26.1 Å². The van der Waals surface area contributed by atoms with Crippen molar-refractivity contribution in [2.75, 3.05) is 79.2 Å². The van der Waals surface area contributed by atoms with Crippen LogP contribution >= 0.6 is 11.6 Å². The van der Waals surface area contributed by atoms with Gasteiger partial charge in [-0.3, -0.25) is 14.5 Å². The zero-order chi connectivity index (χ0) is 24.8. The molecule has 0 saturated carbocycles. The first-order chi connectivity index (χ1) is 16.8. The minimum atomic E-state index is -0.877. The molecule has 1 aromatic carbocycles. The summed E-state index contributed by atoms with van der Waals surface area (Å²) in [5.41, 5.74) is 0.0501. The normalized spacial score (nSPS) is 24.4. The molecule has 35 heavy (non-hydrogen) atoms. The van der Waals surface area contributed by atoms with Crippen LogP contribution in [-0.4, -0.2) is 116 Å². The molecule has 4 rings (SSSR count). The van der Waals surface area contributed by atoms with Crippen molar-refractivity contribution >= 4 is 23.4 Å². The molecule has 1 atom stereocenters. The van der Waals surface area contributed by atoms with Crippen molar-refractivity contribution in [3.05, 3.63) is 28.8 Å². The molecule has 194 valence electrons. The van der Waals surface area contributed by atoms with Crippen LogP contribution < -0.4 is 4.74 Å². The molecule has 2 amide bonds. The van der Waals surface area contributed by atoms with Gasteiger partial charge in [-0.2, -0.15) is 0 Å². The lowest BCUT2D eigenvalue weighted by atomic mass is 9.96. The lowest BCUT2D eigenvalue weighted by Crippen LogP contribution is -2.60. The first-order valence-electron chi connectivity index (χ1n) is 12.8. The van der Waals surface area contributed by atoms with Crippen molar-refractivity contribution in [2.24, 2.45) is 0 Å². The van der Waals surface area contributed by atoms with Crippen LogP contribution in [0, 0.1) is 6.92 Å². The van der Waals surface area contributed by atoms with E-state index in [-0.39, 0.29) is 24.8 Å². The van der Waals surface area contributed by atoms with Crippen molar-refractivity contribution in [3.63, 3.8) is 0 Å². The summed E-state index contributed by atoms with van der Waals surface area (Å²) in [5, 5.41) is 0.682. The summed E-state index contributed by atoms with van der Waals surface area (Å²) in [7, 11) is 2.11. The fourth-order valence-electron chi connectivity index (χ4n) is 5.05. The number of piperazine rings is 1. The highest BCUT2D eigenvalue weighted by Gasteiger charge is 2.42. The quantitative estimate of drug-likeness (QED) is 0.565. The number of hydrogen-bond donors (Lipinski definition) is 0. The number of aryl methyl sites for hydroxylation is 1. The van der Waals surface area contributed by atoms with Crippen molar-refractivity contribution in [1.29, 1.82) is 0 Å². The Morgan fingerprint density at radius 3 is 2.46 bits per heavy atom. The van der Waals surface area contributed by atoms with Gasteiger partial charge in [0.25, 0.3) is 0 Å². The van der Waals surface area contributed by atoms with E-state index in [9.17, 15) is 9.59 Å². The van der Waals surface area contributed by atoms with Gasteiger partial charge in [0, 0.05) is 50.8 Å². The summed E-state index contributed by atoms with van der Waals surface area (Å²) in [6, 6.07) is 5.53. The van der Waals surface area contributed by atoms with E-state index in [0.29, 0.717) is 37.0 Å². The van der Waals surface area contributed by atoms with Crippen LogP contribution in [0.3, 0.4) is 0 Å². The number of morpholine rings is 1. The number of nitrogens with zero attached hydrogens (tertiary/aromatic N) is 4. The predicted molar refractivity (Wildman–Crippen MR) is 136 cm³/mol. The summed E-state index contributed by atoms with van der Waals surface area (Å²) < 4.78 is 12.4. The summed E-state index contributed by atoms with van der Waals surface area (Å²) in [6.45, 7) is 9.12. The highest BCUT2D eigenvalue weighted by atomic mass is 35.5. The average molecular weight is 507 g/mol. The summed E-state index contributed by atoms with van der Waals surface area (Å²) in [4.78, 5) is 34.8. The molecule has 9 heteroatoms. The third kappa shape index (κ3) is 7.09. The fourth-order valence-corrected chi connectivity index (χ4v) is 5.17. The van der Waals surface area contributed by atoms with E-state index in [0.717, 1.165) is 57.7 Å². The summed E-state index contributed by atoms with van der Waals surface area (Å²) in [5.74, 6) is 0.852. The van der Waals surface area contributed by atoms with E-state index in [4.69, 9.17) is 21.1 Å². The smallest absolute Gasteiger partial charge is 0.236 e. The number of carbonyl (C=O) groups is 2. The second-order valence-corrected chi connectivity index (χ2v) is 10.7. The molecule has 3 heterocycles. The number of amides is 2. The number of ether oxygens (including phenoxy) is 2. The topological polar surface area (TPSA) is 65.6 Å². The largest absolute Gasteiger partial charge is 0.490 e. The molecule has 1 aromatic rings. The van der Waals surface area contributed by atoms with Crippen molar-refractivity contribution in [3.8, 4) is 5.75 Å². The Hall–Kier alpha value is -1.87. The van der Waals surface area contributed by atoms with Crippen LogP contribution in [-0.2, 0) is 14.3 Å². The predicted octanol–water partition coefficient (Wildman–Crippen LogP) is 2.27. The monoisotopic (exact) mass is 506 g/mol. The Kier molecular flexibility index (Phi) is 8.92. The average Bonchev–Trinajstić information content (AvgIpc) is 2.87. The van der Waals surface area contributed by atoms with Crippen molar-refractivity contribution < 1.29 is 19.1 Å². The van der Waals surface area contributed by atoms with Gasteiger partial charge in [-0.25, -0.2) is 0 Å². The van der Waals surface area contributed by atoms with Crippen molar-refractivity contribution in [2.45, 2.75) is 38.2 Å². The number of carbonyl (C=O) groups excluding carboxylic acids is 2.